The first-order chi connectivity index (χ1) is 12.9. The van der Waals surface area contributed by atoms with Gasteiger partial charge in [0, 0.05) is 24.5 Å². The average molecular weight is 431 g/mol. The van der Waals surface area contributed by atoms with Gasteiger partial charge in [-0.3, -0.25) is 4.79 Å². The van der Waals surface area contributed by atoms with Crippen molar-refractivity contribution in [3.8, 4) is 5.75 Å². The van der Waals surface area contributed by atoms with E-state index in [-0.39, 0.29) is 12.5 Å². The summed E-state index contributed by atoms with van der Waals surface area (Å²) in [6.45, 7) is 8.51. The normalized spacial score (nSPS) is 14.9. The van der Waals surface area contributed by atoms with E-state index in [2.05, 4.69) is 45.2 Å². The van der Waals surface area contributed by atoms with Gasteiger partial charge >= 0.3 is 0 Å². The minimum atomic E-state index is -0.165. The van der Waals surface area contributed by atoms with Gasteiger partial charge in [0.15, 0.2) is 6.61 Å². The molecule has 1 N–H and O–H groups in total. The molecule has 1 aliphatic rings. The molecule has 0 atom stereocenters. The van der Waals surface area contributed by atoms with Crippen molar-refractivity contribution in [2.24, 2.45) is 5.92 Å². The Hall–Kier alpha value is -2.01. The number of carbonyl (C=O) groups is 1. The van der Waals surface area contributed by atoms with Crippen LogP contribution in [0.3, 0.4) is 0 Å². The molecular formula is C22H27BrN2O2. The lowest BCUT2D eigenvalue weighted by Gasteiger charge is -2.32. The molecule has 2 aromatic carbocycles. The van der Waals surface area contributed by atoms with Gasteiger partial charge in [-0.15, -0.1) is 0 Å². The monoisotopic (exact) mass is 430 g/mol. The van der Waals surface area contributed by atoms with Crippen LogP contribution in [-0.2, 0) is 4.79 Å². The molecule has 0 spiro atoms. The van der Waals surface area contributed by atoms with Crippen LogP contribution in [0.15, 0.2) is 40.9 Å². The van der Waals surface area contributed by atoms with Crippen molar-refractivity contribution < 1.29 is 9.53 Å². The van der Waals surface area contributed by atoms with Crippen LogP contribution in [0.5, 0.6) is 5.75 Å². The fourth-order valence-electron chi connectivity index (χ4n) is 3.44. The molecule has 1 saturated heterocycles. The van der Waals surface area contributed by atoms with Crippen LogP contribution in [0.25, 0.3) is 0 Å². The maximum absolute atomic E-state index is 12.2. The summed E-state index contributed by atoms with van der Waals surface area (Å²) >= 11 is 3.50. The summed E-state index contributed by atoms with van der Waals surface area (Å²) < 4.78 is 6.59. The molecule has 27 heavy (non-hydrogen) atoms. The van der Waals surface area contributed by atoms with Crippen LogP contribution in [0, 0.1) is 19.8 Å². The number of rotatable bonds is 5. The van der Waals surface area contributed by atoms with Gasteiger partial charge in [0.1, 0.15) is 5.75 Å². The number of nitrogens with one attached hydrogen (secondary N) is 1. The summed E-state index contributed by atoms with van der Waals surface area (Å²) in [4.78, 5) is 14.6. The number of aryl methyl sites for hydroxylation is 2. The molecule has 1 aliphatic heterocycles. The fraction of sp³-hybridized carbons (Fsp3) is 0.409. The summed E-state index contributed by atoms with van der Waals surface area (Å²) in [6, 6.07) is 12.1. The minimum absolute atomic E-state index is 0.0196. The largest absolute Gasteiger partial charge is 0.482 e. The van der Waals surface area contributed by atoms with Crippen LogP contribution < -0.4 is 15.0 Å². The first-order valence-electron chi connectivity index (χ1n) is 9.47. The first kappa shape index (κ1) is 19.7. The van der Waals surface area contributed by atoms with E-state index in [9.17, 15) is 4.79 Å². The maximum Gasteiger partial charge on any atom is 0.262 e. The van der Waals surface area contributed by atoms with E-state index in [1.54, 1.807) is 0 Å². The van der Waals surface area contributed by atoms with Crippen molar-refractivity contribution >= 4 is 33.2 Å². The van der Waals surface area contributed by atoms with Crippen molar-refractivity contribution in [3.05, 3.63) is 52.0 Å². The number of anilines is 2. The minimum Gasteiger partial charge on any atom is -0.482 e. The zero-order chi connectivity index (χ0) is 19.4. The Morgan fingerprint density at radius 1 is 1.19 bits per heavy atom. The van der Waals surface area contributed by atoms with Gasteiger partial charge < -0.3 is 15.0 Å². The lowest BCUT2D eigenvalue weighted by atomic mass is 9.99. The highest BCUT2D eigenvalue weighted by Crippen LogP contribution is 2.30. The van der Waals surface area contributed by atoms with Crippen LogP contribution in [0.2, 0.25) is 0 Å². The lowest BCUT2D eigenvalue weighted by Crippen LogP contribution is -2.32. The number of ether oxygens (including phenoxy) is 1. The molecule has 5 heteroatoms. The molecule has 4 nitrogen and oxygen atoms in total. The second-order valence-corrected chi connectivity index (χ2v) is 8.30. The van der Waals surface area contributed by atoms with Crippen molar-refractivity contribution in [2.45, 2.75) is 33.6 Å². The summed E-state index contributed by atoms with van der Waals surface area (Å²) in [5.74, 6) is 1.36. The number of carbonyl (C=O) groups excluding carboxylic acids is 1. The smallest absolute Gasteiger partial charge is 0.262 e. The molecule has 1 fully saturated rings. The molecule has 3 rings (SSSR count). The van der Waals surface area contributed by atoms with Crippen molar-refractivity contribution in [1.82, 2.24) is 0 Å². The number of hydrogen-bond acceptors (Lipinski definition) is 3. The average Bonchev–Trinajstić information content (AvgIpc) is 2.62. The Morgan fingerprint density at radius 2 is 1.85 bits per heavy atom. The standard InChI is InChI=1S/C22H27BrN2O2/c1-15-8-10-25(11-9-15)19-6-4-18(5-7-19)24-21(26)14-27-22-17(3)12-16(2)13-20(22)23/h4-7,12-13,15H,8-11,14H2,1-3H3,(H,24,26). The maximum atomic E-state index is 12.2. The predicted molar refractivity (Wildman–Crippen MR) is 115 cm³/mol. The Balaban J connectivity index is 1.54. The number of nitrogens with zero attached hydrogens (tertiary/aromatic N) is 1. The third kappa shape index (κ3) is 5.25. The van der Waals surface area contributed by atoms with E-state index in [1.807, 2.05) is 38.1 Å². The van der Waals surface area contributed by atoms with Crippen LogP contribution in [-0.4, -0.2) is 25.6 Å². The first-order valence-corrected chi connectivity index (χ1v) is 10.3. The highest BCUT2D eigenvalue weighted by Gasteiger charge is 2.16. The van der Waals surface area contributed by atoms with E-state index >= 15 is 0 Å². The van der Waals surface area contributed by atoms with Gasteiger partial charge in [-0.25, -0.2) is 0 Å². The Bertz CT molecular complexity index is 773. The third-order valence-corrected chi connectivity index (χ3v) is 5.61. The quantitative estimate of drug-likeness (QED) is 0.697. The predicted octanol–water partition coefficient (Wildman–Crippen LogP) is 5.32. The van der Waals surface area contributed by atoms with E-state index in [0.717, 1.165) is 40.3 Å². The molecule has 0 aliphatic carbocycles. The van der Waals surface area contributed by atoms with Gasteiger partial charge in [0.05, 0.1) is 4.47 Å². The summed E-state index contributed by atoms with van der Waals surface area (Å²) in [6.07, 6.45) is 2.48. The Labute approximate surface area is 170 Å². The van der Waals surface area contributed by atoms with Gasteiger partial charge in [0.25, 0.3) is 5.91 Å². The zero-order valence-corrected chi connectivity index (χ0v) is 17.8. The molecule has 0 aromatic heterocycles. The highest BCUT2D eigenvalue weighted by atomic mass is 79.9. The van der Waals surface area contributed by atoms with Crippen LogP contribution in [0.4, 0.5) is 11.4 Å². The van der Waals surface area contributed by atoms with Crippen molar-refractivity contribution in [3.63, 3.8) is 0 Å². The van der Waals surface area contributed by atoms with E-state index in [4.69, 9.17) is 4.74 Å². The van der Waals surface area contributed by atoms with E-state index in [0.29, 0.717) is 5.75 Å². The van der Waals surface area contributed by atoms with Crippen molar-refractivity contribution in [1.29, 1.82) is 0 Å². The molecule has 0 saturated carbocycles. The molecule has 144 valence electrons. The second kappa shape index (κ2) is 8.79. The summed E-state index contributed by atoms with van der Waals surface area (Å²) in [7, 11) is 0. The zero-order valence-electron chi connectivity index (χ0n) is 16.2. The molecule has 1 heterocycles. The van der Waals surface area contributed by atoms with Crippen molar-refractivity contribution in [2.75, 3.05) is 29.9 Å². The van der Waals surface area contributed by atoms with E-state index < -0.39 is 0 Å². The molecular weight excluding hydrogens is 404 g/mol. The topological polar surface area (TPSA) is 41.6 Å². The third-order valence-electron chi connectivity index (χ3n) is 5.02. The number of benzene rings is 2. The molecule has 1 amide bonds. The van der Waals surface area contributed by atoms with Gasteiger partial charge in [-0.05, 0) is 90.0 Å². The highest BCUT2D eigenvalue weighted by molar-refractivity contribution is 9.10. The number of halogens is 1. The van der Waals surface area contributed by atoms with Gasteiger partial charge in [-0.1, -0.05) is 13.0 Å². The number of hydrogen-bond donors (Lipinski definition) is 1. The van der Waals surface area contributed by atoms with Gasteiger partial charge in [-0.2, -0.15) is 0 Å². The summed E-state index contributed by atoms with van der Waals surface area (Å²) in [5, 5.41) is 2.90. The fourth-order valence-corrected chi connectivity index (χ4v) is 4.23. The van der Waals surface area contributed by atoms with E-state index in [1.165, 1.54) is 18.5 Å². The van der Waals surface area contributed by atoms with Crippen LogP contribution >= 0.6 is 15.9 Å². The second-order valence-electron chi connectivity index (χ2n) is 7.45. The Kier molecular flexibility index (Phi) is 6.42. The van der Waals surface area contributed by atoms with Crippen LogP contribution in [0.1, 0.15) is 30.9 Å². The van der Waals surface area contributed by atoms with Gasteiger partial charge in [0.2, 0.25) is 0 Å². The Morgan fingerprint density at radius 3 is 2.48 bits per heavy atom. The molecule has 0 bridgehead atoms. The molecule has 0 unspecified atom stereocenters. The lowest BCUT2D eigenvalue weighted by molar-refractivity contribution is -0.118. The molecule has 2 aromatic rings. The molecule has 0 radical (unpaired) electrons. The SMILES string of the molecule is Cc1cc(C)c(OCC(=O)Nc2ccc(N3CCC(C)CC3)cc2)c(Br)c1. The number of amides is 1. The summed E-state index contributed by atoms with van der Waals surface area (Å²) in [5.41, 5.74) is 4.17. The number of piperidine rings is 1.